The predicted octanol–water partition coefficient (Wildman–Crippen LogP) is 3.98. The van der Waals surface area contributed by atoms with E-state index in [-0.39, 0.29) is 0 Å². The molecule has 0 radical (unpaired) electrons. The van der Waals surface area contributed by atoms with Gasteiger partial charge in [-0.05, 0) is 45.7 Å². The van der Waals surface area contributed by atoms with Crippen molar-refractivity contribution in [1.82, 2.24) is 0 Å². The van der Waals surface area contributed by atoms with Gasteiger partial charge >= 0.3 is 0 Å². The first-order valence-electron chi connectivity index (χ1n) is 3.74. The molecular formula is C9H7BrINS. The van der Waals surface area contributed by atoms with Crippen molar-refractivity contribution >= 4 is 65.6 Å². The van der Waals surface area contributed by atoms with Gasteiger partial charge in [-0.25, -0.2) is 0 Å². The van der Waals surface area contributed by atoms with Gasteiger partial charge in [-0.15, -0.1) is 11.3 Å². The first-order valence-corrected chi connectivity index (χ1v) is 6.82. The van der Waals surface area contributed by atoms with Crippen LogP contribution >= 0.6 is 49.9 Å². The summed E-state index contributed by atoms with van der Waals surface area (Å²) in [5.41, 5.74) is 8.14. The molecule has 1 heterocycles. The maximum absolute atomic E-state index is 5.91. The van der Waals surface area contributed by atoms with Crippen LogP contribution in [0.5, 0.6) is 0 Å². The van der Waals surface area contributed by atoms with E-state index in [0.29, 0.717) is 0 Å². The van der Waals surface area contributed by atoms with Crippen LogP contribution < -0.4 is 5.73 Å². The second-order valence-corrected chi connectivity index (χ2v) is 5.36. The van der Waals surface area contributed by atoms with Crippen molar-refractivity contribution in [1.29, 1.82) is 0 Å². The molecule has 4 heteroatoms. The second-order valence-electron chi connectivity index (χ2n) is 2.72. The molecule has 0 aliphatic carbocycles. The van der Waals surface area contributed by atoms with Crippen LogP contribution in [-0.4, -0.2) is 0 Å². The molecule has 0 amide bonds. The van der Waals surface area contributed by atoms with Crippen molar-refractivity contribution in [3.8, 4) is 0 Å². The molecule has 0 aliphatic heterocycles. The third kappa shape index (κ3) is 1.59. The van der Waals surface area contributed by atoms with Crippen LogP contribution in [0.2, 0.25) is 0 Å². The molecular weight excluding hydrogens is 361 g/mol. The van der Waals surface area contributed by atoms with Crippen LogP contribution in [0, 0.1) is 3.57 Å². The van der Waals surface area contributed by atoms with Crippen LogP contribution in [0.25, 0.3) is 10.1 Å². The first-order chi connectivity index (χ1) is 6.24. The molecule has 0 fully saturated rings. The van der Waals surface area contributed by atoms with E-state index in [1.54, 1.807) is 11.3 Å². The van der Waals surface area contributed by atoms with Gasteiger partial charge in [-0.1, -0.05) is 15.9 Å². The lowest BCUT2D eigenvalue weighted by Gasteiger charge is -2.04. The Hall–Kier alpha value is 0.190. The lowest BCUT2D eigenvalue weighted by molar-refractivity contribution is 1.47. The molecule has 2 aromatic rings. The normalized spacial score (nSPS) is 10.9. The number of thiophene rings is 1. The molecule has 1 aromatic carbocycles. The number of nitrogens with two attached hydrogens (primary N) is 1. The number of rotatable bonds is 1. The van der Waals surface area contributed by atoms with E-state index in [2.05, 4.69) is 50.0 Å². The van der Waals surface area contributed by atoms with Gasteiger partial charge < -0.3 is 5.73 Å². The molecule has 0 atom stereocenters. The average molecular weight is 368 g/mol. The Morgan fingerprint density at radius 2 is 2.31 bits per heavy atom. The Bertz CT molecular complexity index is 452. The quantitative estimate of drug-likeness (QED) is 0.460. The Morgan fingerprint density at radius 3 is 3.00 bits per heavy atom. The first kappa shape index (κ1) is 9.73. The van der Waals surface area contributed by atoms with E-state index in [9.17, 15) is 0 Å². The highest BCUT2D eigenvalue weighted by atomic mass is 127. The lowest BCUT2D eigenvalue weighted by atomic mass is 10.1. The Kier molecular flexibility index (Phi) is 2.80. The highest BCUT2D eigenvalue weighted by Gasteiger charge is 2.08. The SMILES string of the molecule is Nc1cc(I)c(CBr)c2sccc12. The summed E-state index contributed by atoms with van der Waals surface area (Å²) in [5, 5.41) is 4.16. The molecule has 0 unspecified atom stereocenters. The highest BCUT2D eigenvalue weighted by Crippen LogP contribution is 2.34. The van der Waals surface area contributed by atoms with Gasteiger partial charge in [0.15, 0.2) is 0 Å². The third-order valence-corrected chi connectivity index (χ3v) is 4.45. The van der Waals surface area contributed by atoms with E-state index in [4.69, 9.17) is 5.73 Å². The van der Waals surface area contributed by atoms with Gasteiger partial charge in [0.25, 0.3) is 0 Å². The Morgan fingerprint density at radius 1 is 1.54 bits per heavy atom. The molecule has 68 valence electrons. The molecule has 1 nitrogen and oxygen atoms in total. The van der Waals surface area contributed by atoms with Crippen molar-refractivity contribution in [3.05, 3.63) is 26.6 Å². The molecule has 0 bridgehead atoms. The van der Waals surface area contributed by atoms with Crippen molar-refractivity contribution in [2.45, 2.75) is 5.33 Å². The van der Waals surface area contributed by atoms with E-state index < -0.39 is 0 Å². The fourth-order valence-electron chi connectivity index (χ4n) is 1.30. The molecule has 0 spiro atoms. The van der Waals surface area contributed by atoms with Crippen molar-refractivity contribution in [2.75, 3.05) is 5.73 Å². The van der Waals surface area contributed by atoms with Crippen LogP contribution in [0.3, 0.4) is 0 Å². The zero-order valence-electron chi connectivity index (χ0n) is 6.68. The van der Waals surface area contributed by atoms with E-state index in [1.165, 1.54) is 19.2 Å². The van der Waals surface area contributed by atoms with Crippen molar-refractivity contribution in [2.24, 2.45) is 0 Å². The summed E-state index contributed by atoms with van der Waals surface area (Å²) < 4.78 is 2.54. The van der Waals surface area contributed by atoms with Gasteiger partial charge in [-0.3, -0.25) is 0 Å². The predicted molar refractivity (Wildman–Crippen MR) is 71.6 cm³/mol. The second kappa shape index (κ2) is 3.74. The van der Waals surface area contributed by atoms with E-state index in [1.807, 2.05) is 6.07 Å². The smallest absolute Gasteiger partial charge is 0.0414 e. The molecule has 1 aromatic heterocycles. The van der Waals surface area contributed by atoms with Gasteiger partial charge in [-0.2, -0.15) is 0 Å². The van der Waals surface area contributed by atoms with E-state index in [0.717, 1.165) is 11.0 Å². The summed E-state index contributed by atoms with van der Waals surface area (Å²) >= 11 is 7.58. The van der Waals surface area contributed by atoms with Gasteiger partial charge in [0, 0.05) is 24.7 Å². The maximum atomic E-state index is 5.91. The van der Waals surface area contributed by atoms with Crippen LogP contribution in [0.1, 0.15) is 5.56 Å². The Balaban J connectivity index is 2.88. The van der Waals surface area contributed by atoms with Crippen molar-refractivity contribution < 1.29 is 0 Å². The van der Waals surface area contributed by atoms with Crippen molar-refractivity contribution in [3.63, 3.8) is 0 Å². The standard InChI is InChI=1S/C9H7BrINS/c10-4-6-7(11)3-8(12)5-1-2-13-9(5)6/h1-3H,4,12H2. The molecule has 2 rings (SSSR count). The number of halogens is 2. The molecule has 0 saturated carbocycles. The summed E-state index contributed by atoms with van der Waals surface area (Å²) in [6.07, 6.45) is 0. The zero-order valence-corrected chi connectivity index (χ0v) is 11.2. The van der Waals surface area contributed by atoms with E-state index >= 15 is 0 Å². The largest absolute Gasteiger partial charge is 0.398 e. The minimum atomic E-state index is 0.880. The molecule has 0 saturated heterocycles. The minimum absolute atomic E-state index is 0.880. The monoisotopic (exact) mass is 367 g/mol. The maximum Gasteiger partial charge on any atom is 0.0414 e. The third-order valence-electron chi connectivity index (χ3n) is 1.95. The fraction of sp³-hybridized carbons (Fsp3) is 0.111. The van der Waals surface area contributed by atoms with Gasteiger partial charge in [0.1, 0.15) is 0 Å². The fourth-order valence-corrected chi connectivity index (χ4v) is 4.55. The summed E-state index contributed by atoms with van der Waals surface area (Å²) in [5.74, 6) is 0. The highest BCUT2D eigenvalue weighted by molar-refractivity contribution is 14.1. The number of fused-ring (bicyclic) bond motifs is 1. The number of hydrogen-bond donors (Lipinski definition) is 1. The summed E-state index contributed by atoms with van der Waals surface area (Å²) in [7, 11) is 0. The minimum Gasteiger partial charge on any atom is -0.398 e. The zero-order chi connectivity index (χ0) is 9.42. The molecule has 13 heavy (non-hydrogen) atoms. The Labute approximate surface area is 103 Å². The van der Waals surface area contributed by atoms with Gasteiger partial charge in [0.2, 0.25) is 0 Å². The number of benzene rings is 1. The summed E-state index contributed by atoms with van der Waals surface area (Å²) in [6.45, 7) is 0. The van der Waals surface area contributed by atoms with Gasteiger partial charge in [0.05, 0.1) is 0 Å². The summed E-state index contributed by atoms with van der Waals surface area (Å²) in [6, 6.07) is 4.11. The number of anilines is 1. The topological polar surface area (TPSA) is 26.0 Å². The number of hydrogen-bond acceptors (Lipinski definition) is 2. The number of alkyl halides is 1. The summed E-state index contributed by atoms with van der Waals surface area (Å²) in [4.78, 5) is 0. The number of nitrogen functional groups attached to an aromatic ring is 1. The van der Waals surface area contributed by atoms with Crippen LogP contribution in [-0.2, 0) is 5.33 Å². The molecule has 0 aliphatic rings. The lowest BCUT2D eigenvalue weighted by Crippen LogP contribution is -1.91. The van der Waals surface area contributed by atoms with Crippen LogP contribution in [0.4, 0.5) is 5.69 Å². The average Bonchev–Trinajstić information content (AvgIpc) is 2.53. The van der Waals surface area contributed by atoms with Crippen LogP contribution in [0.15, 0.2) is 17.5 Å². The molecule has 2 N–H and O–H groups in total.